The topological polar surface area (TPSA) is 93.5 Å². The number of nitrogens with one attached hydrogen (secondary N) is 2. The lowest BCUT2D eigenvalue weighted by atomic mass is 10.2. The van der Waals surface area contributed by atoms with Gasteiger partial charge in [0, 0.05) is 23.2 Å². The van der Waals surface area contributed by atoms with E-state index in [9.17, 15) is 9.59 Å². The van der Waals surface area contributed by atoms with Gasteiger partial charge in [-0.1, -0.05) is 22.8 Å². The van der Waals surface area contributed by atoms with Crippen LogP contribution < -0.4 is 15.4 Å². The first-order valence-corrected chi connectivity index (χ1v) is 9.25. The number of aryl methyl sites for hydroxylation is 1. The summed E-state index contributed by atoms with van der Waals surface area (Å²) in [6.07, 6.45) is 2.50. The molecule has 1 heterocycles. The summed E-state index contributed by atoms with van der Waals surface area (Å²) in [6.45, 7) is 1.74. The highest BCUT2D eigenvalue weighted by Gasteiger charge is 2.27. The van der Waals surface area contributed by atoms with Crippen molar-refractivity contribution in [2.45, 2.75) is 44.7 Å². The Morgan fingerprint density at radius 2 is 1.96 bits per heavy atom. The fraction of sp³-hybridized carbons (Fsp3) is 0.421. The Kier molecular flexibility index (Phi) is 6.34. The van der Waals surface area contributed by atoms with Crippen molar-refractivity contribution >= 4 is 23.4 Å². The molecule has 27 heavy (non-hydrogen) atoms. The second kappa shape index (κ2) is 8.90. The van der Waals surface area contributed by atoms with Gasteiger partial charge in [-0.25, -0.2) is 0 Å². The minimum absolute atomic E-state index is 0.0262. The third kappa shape index (κ3) is 5.99. The molecule has 2 N–H and O–H groups in total. The molecule has 1 aliphatic rings. The highest BCUT2D eigenvalue weighted by Crippen LogP contribution is 2.20. The molecule has 1 aliphatic carbocycles. The maximum absolute atomic E-state index is 12.1. The van der Waals surface area contributed by atoms with Crippen LogP contribution in [-0.2, 0) is 16.0 Å². The van der Waals surface area contributed by atoms with Crippen molar-refractivity contribution < 1.29 is 18.8 Å². The first-order chi connectivity index (χ1) is 13.0. The van der Waals surface area contributed by atoms with Crippen molar-refractivity contribution in [2.75, 3.05) is 6.61 Å². The fourth-order valence-electron chi connectivity index (χ4n) is 3.16. The monoisotopic (exact) mass is 391 g/mol. The lowest BCUT2D eigenvalue weighted by Gasteiger charge is -2.15. The van der Waals surface area contributed by atoms with Gasteiger partial charge in [-0.15, -0.1) is 0 Å². The maximum Gasteiger partial charge on any atom is 0.258 e. The molecule has 0 radical (unpaired) electrons. The molecule has 144 valence electrons. The normalized spacial score (nSPS) is 18.9. The molecule has 0 unspecified atom stereocenters. The van der Waals surface area contributed by atoms with Crippen molar-refractivity contribution in [3.8, 4) is 5.75 Å². The number of ether oxygens (including phenoxy) is 1. The molecule has 2 atom stereocenters. The van der Waals surface area contributed by atoms with E-state index < -0.39 is 0 Å². The third-order valence-corrected chi connectivity index (χ3v) is 4.58. The van der Waals surface area contributed by atoms with Crippen LogP contribution in [0.5, 0.6) is 5.75 Å². The summed E-state index contributed by atoms with van der Waals surface area (Å²) >= 11 is 5.88. The Morgan fingerprint density at radius 3 is 2.63 bits per heavy atom. The number of aromatic nitrogens is 1. The number of amides is 2. The van der Waals surface area contributed by atoms with E-state index in [2.05, 4.69) is 15.8 Å². The predicted octanol–water partition coefficient (Wildman–Crippen LogP) is 2.41. The van der Waals surface area contributed by atoms with Crippen LogP contribution in [0.4, 0.5) is 0 Å². The molecule has 7 nitrogen and oxygen atoms in total. The zero-order valence-electron chi connectivity index (χ0n) is 15.0. The highest BCUT2D eigenvalue weighted by molar-refractivity contribution is 6.30. The van der Waals surface area contributed by atoms with Crippen LogP contribution in [0.3, 0.4) is 0 Å². The van der Waals surface area contributed by atoms with Crippen LogP contribution >= 0.6 is 11.6 Å². The summed E-state index contributed by atoms with van der Waals surface area (Å²) in [5, 5.41) is 10.3. The van der Waals surface area contributed by atoms with Crippen molar-refractivity contribution in [3.63, 3.8) is 0 Å². The average molecular weight is 392 g/mol. The van der Waals surface area contributed by atoms with Crippen LogP contribution in [0.25, 0.3) is 0 Å². The van der Waals surface area contributed by atoms with Crippen LogP contribution in [0.1, 0.15) is 30.7 Å². The van der Waals surface area contributed by atoms with Gasteiger partial charge in [0.2, 0.25) is 5.91 Å². The summed E-state index contributed by atoms with van der Waals surface area (Å²) in [5.74, 6) is 0.805. The lowest BCUT2D eigenvalue weighted by molar-refractivity contribution is -0.123. The molecule has 1 fully saturated rings. The number of benzene rings is 1. The highest BCUT2D eigenvalue weighted by atomic mass is 35.5. The van der Waals surface area contributed by atoms with Gasteiger partial charge < -0.3 is 19.9 Å². The second-order valence-electron chi connectivity index (χ2n) is 6.70. The number of halogens is 1. The molecule has 0 saturated heterocycles. The molecule has 0 aliphatic heterocycles. The third-order valence-electron chi connectivity index (χ3n) is 4.34. The minimum Gasteiger partial charge on any atom is -0.484 e. The maximum atomic E-state index is 12.1. The van der Waals surface area contributed by atoms with Crippen LogP contribution in [-0.4, -0.2) is 35.7 Å². The van der Waals surface area contributed by atoms with Gasteiger partial charge in [0.05, 0.1) is 12.1 Å². The van der Waals surface area contributed by atoms with Crippen molar-refractivity contribution in [1.29, 1.82) is 0 Å². The van der Waals surface area contributed by atoms with Crippen molar-refractivity contribution in [3.05, 3.63) is 46.8 Å². The van der Waals surface area contributed by atoms with Crippen molar-refractivity contribution in [1.82, 2.24) is 15.8 Å². The molecule has 0 bridgehead atoms. The molecule has 1 aromatic carbocycles. The van der Waals surface area contributed by atoms with Gasteiger partial charge in [0.15, 0.2) is 6.61 Å². The van der Waals surface area contributed by atoms with Crippen LogP contribution in [0.15, 0.2) is 34.9 Å². The summed E-state index contributed by atoms with van der Waals surface area (Å²) in [5.41, 5.74) is 0.751. The number of rotatable bonds is 7. The number of hydrogen-bond acceptors (Lipinski definition) is 5. The molecule has 1 saturated carbocycles. The standard InChI is InChI=1S/C19H22ClN3O4/c1-12-7-17(27-23-12)10-18(24)21-14-5-6-15(9-14)22-19(25)11-26-16-4-2-3-13(20)8-16/h2-4,7-8,14-15H,5-6,9-11H2,1H3,(H,21,24)(H,22,25)/t14-,15+/m0/s1. The van der Waals surface area contributed by atoms with Gasteiger partial charge in [-0.3, -0.25) is 9.59 Å². The zero-order chi connectivity index (χ0) is 19.2. The minimum atomic E-state index is -0.191. The van der Waals surface area contributed by atoms with Gasteiger partial charge >= 0.3 is 0 Å². The molecular formula is C19H22ClN3O4. The summed E-state index contributed by atoms with van der Waals surface area (Å²) in [4.78, 5) is 24.1. The number of carbonyl (C=O) groups excluding carboxylic acids is 2. The predicted molar refractivity (Wildman–Crippen MR) is 99.6 cm³/mol. The van der Waals surface area contributed by atoms with E-state index in [1.807, 2.05) is 6.92 Å². The second-order valence-corrected chi connectivity index (χ2v) is 7.14. The van der Waals surface area contributed by atoms with E-state index in [0.717, 1.165) is 18.5 Å². The van der Waals surface area contributed by atoms with Gasteiger partial charge in [0.25, 0.3) is 5.91 Å². The van der Waals surface area contributed by atoms with E-state index in [1.54, 1.807) is 30.3 Å². The van der Waals surface area contributed by atoms with Gasteiger partial charge in [-0.2, -0.15) is 0 Å². The SMILES string of the molecule is Cc1cc(CC(=O)N[C@H]2CC[C@@H](NC(=O)COc3cccc(Cl)c3)C2)on1. The fourth-order valence-corrected chi connectivity index (χ4v) is 3.34. The van der Waals surface area contributed by atoms with Crippen LogP contribution in [0, 0.1) is 6.92 Å². The van der Waals surface area contributed by atoms with E-state index >= 15 is 0 Å². The molecule has 2 aromatic rings. The van der Waals surface area contributed by atoms with E-state index in [4.69, 9.17) is 20.9 Å². The summed E-state index contributed by atoms with van der Waals surface area (Å²) < 4.78 is 10.5. The first kappa shape index (κ1) is 19.2. The smallest absolute Gasteiger partial charge is 0.258 e. The summed E-state index contributed by atoms with van der Waals surface area (Å²) in [7, 11) is 0. The Hall–Kier alpha value is -2.54. The average Bonchev–Trinajstić information content (AvgIpc) is 3.22. The Labute approximate surface area is 162 Å². The van der Waals surface area contributed by atoms with Gasteiger partial charge in [0.1, 0.15) is 11.5 Å². The Bertz CT molecular complexity index is 808. The molecule has 2 amide bonds. The largest absolute Gasteiger partial charge is 0.484 e. The number of hydrogen-bond donors (Lipinski definition) is 2. The molecule has 0 spiro atoms. The Balaban J connectivity index is 1.37. The lowest BCUT2D eigenvalue weighted by Crippen LogP contribution is -2.39. The first-order valence-electron chi connectivity index (χ1n) is 8.87. The molecule has 1 aromatic heterocycles. The quantitative estimate of drug-likeness (QED) is 0.756. The molecule has 8 heteroatoms. The zero-order valence-corrected chi connectivity index (χ0v) is 15.8. The van der Waals surface area contributed by atoms with Crippen LogP contribution in [0.2, 0.25) is 5.02 Å². The van der Waals surface area contributed by atoms with E-state index in [0.29, 0.717) is 23.0 Å². The molecular weight excluding hydrogens is 370 g/mol. The Morgan fingerprint density at radius 1 is 1.22 bits per heavy atom. The van der Waals surface area contributed by atoms with Crippen molar-refractivity contribution in [2.24, 2.45) is 0 Å². The number of nitrogens with zero attached hydrogens (tertiary/aromatic N) is 1. The van der Waals surface area contributed by atoms with E-state index in [-0.39, 0.29) is 36.9 Å². The van der Waals surface area contributed by atoms with E-state index in [1.165, 1.54) is 0 Å². The van der Waals surface area contributed by atoms with Gasteiger partial charge in [-0.05, 0) is 44.4 Å². The summed E-state index contributed by atoms with van der Waals surface area (Å²) in [6, 6.07) is 8.73. The number of carbonyl (C=O) groups is 2. The molecule has 3 rings (SSSR count).